The molecule has 1 N–H and O–H groups in total. The molecule has 13 heavy (non-hydrogen) atoms. The molecule has 0 radical (unpaired) electrons. The molecule has 2 heteroatoms. The van der Waals surface area contributed by atoms with Crippen LogP contribution < -0.4 is 5.32 Å². The molecule has 0 aromatic carbocycles. The third kappa shape index (κ3) is 14.3. The molecule has 0 aromatic heterocycles. The Morgan fingerprint density at radius 1 is 1.31 bits per heavy atom. The van der Waals surface area contributed by atoms with Crippen molar-refractivity contribution in [2.75, 3.05) is 6.54 Å². The minimum atomic E-state index is 0.188. The van der Waals surface area contributed by atoms with Crippen LogP contribution in [-0.4, -0.2) is 12.5 Å². The zero-order chi connectivity index (χ0) is 10.7. The molecule has 2 nitrogen and oxygen atoms in total. The van der Waals surface area contributed by atoms with E-state index in [2.05, 4.69) is 19.2 Å². The first kappa shape index (κ1) is 15.0. The summed E-state index contributed by atoms with van der Waals surface area (Å²) in [5.41, 5.74) is 0. The zero-order valence-electron chi connectivity index (χ0n) is 9.81. The summed E-state index contributed by atoms with van der Waals surface area (Å²) in [6.45, 7) is 11.2. The first-order chi connectivity index (χ1) is 6.16. The van der Waals surface area contributed by atoms with E-state index < -0.39 is 0 Å². The normalized spacial score (nSPS) is 9.08. The van der Waals surface area contributed by atoms with Gasteiger partial charge < -0.3 is 5.32 Å². The molecule has 0 fully saturated rings. The molecule has 0 atom stereocenters. The Hall–Kier alpha value is -0.530. The molecule has 0 rings (SSSR count). The Labute approximate surface area is 83.1 Å². The summed E-state index contributed by atoms with van der Waals surface area (Å²) in [5, 5.41) is 2.88. The molecule has 0 saturated carbocycles. The minimum absolute atomic E-state index is 0.188. The first-order valence-electron chi connectivity index (χ1n) is 5.43. The van der Waals surface area contributed by atoms with Gasteiger partial charge in [0.05, 0.1) is 0 Å². The Morgan fingerprint density at radius 3 is 2.23 bits per heavy atom. The topological polar surface area (TPSA) is 29.1 Å². The Kier molecular flexibility index (Phi) is 13.2. The van der Waals surface area contributed by atoms with Gasteiger partial charge in [0.25, 0.3) is 0 Å². The fourth-order valence-electron chi connectivity index (χ4n) is 0.816. The monoisotopic (exact) mass is 187 g/mol. The van der Waals surface area contributed by atoms with E-state index in [4.69, 9.17) is 0 Å². The van der Waals surface area contributed by atoms with Crippen LogP contribution in [0.3, 0.4) is 0 Å². The van der Waals surface area contributed by atoms with Crippen LogP contribution in [0.15, 0.2) is 0 Å². The number of nitrogens with one attached hydrogen (secondary N) is 1. The molecular weight excluding hydrogens is 162 g/mol. The second kappa shape index (κ2) is 11.5. The molecule has 1 amide bonds. The van der Waals surface area contributed by atoms with Crippen LogP contribution in [0.2, 0.25) is 0 Å². The predicted octanol–water partition coefficient (Wildman–Crippen LogP) is 2.98. The molecule has 0 saturated heterocycles. The summed E-state index contributed by atoms with van der Waals surface area (Å²) < 4.78 is 0. The highest BCUT2D eigenvalue weighted by molar-refractivity contribution is 5.75. The van der Waals surface area contributed by atoms with E-state index in [0.29, 0.717) is 12.3 Å². The van der Waals surface area contributed by atoms with E-state index >= 15 is 0 Å². The van der Waals surface area contributed by atoms with E-state index in [1.165, 1.54) is 0 Å². The van der Waals surface area contributed by atoms with E-state index in [-0.39, 0.29) is 5.91 Å². The van der Waals surface area contributed by atoms with Crippen molar-refractivity contribution in [3.63, 3.8) is 0 Å². The van der Waals surface area contributed by atoms with Crippen LogP contribution >= 0.6 is 0 Å². The molecule has 0 aliphatic heterocycles. The largest absolute Gasteiger partial charge is 0.356 e. The number of carbonyl (C=O) groups is 1. The summed E-state index contributed by atoms with van der Waals surface area (Å²) >= 11 is 0. The first-order valence-corrected chi connectivity index (χ1v) is 5.43. The Morgan fingerprint density at radius 2 is 1.85 bits per heavy atom. The van der Waals surface area contributed by atoms with Gasteiger partial charge in [-0.2, -0.15) is 0 Å². The number of rotatable bonds is 5. The summed E-state index contributed by atoms with van der Waals surface area (Å²) in [6, 6.07) is 0. The summed E-state index contributed by atoms with van der Waals surface area (Å²) in [4.78, 5) is 10.9. The highest BCUT2D eigenvalue weighted by atomic mass is 16.1. The number of carbonyl (C=O) groups excluding carboxylic acids is 1. The third-order valence-electron chi connectivity index (χ3n) is 1.52. The van der Waals surface area contributed by atoms with Crippen molar-refractivity contribution in [3.8, 4) is 0 Å². The van der Waals surface area contributed by atoms with Gasteiger partial charge in [0.15, 0.2) is 0 Å². The van der Waals surface area contributed by atoms with E-state index in [1.54, 1.807) is 0 Å². The average Bonchev–Trinajstić information content (AvgIpc) is 2.08. The summed E-state index contributed by atoms with van der Waals surface area (Å²) in [5.74, 6) is 0.866. The van der Waals surface area contributed by atoms with Gasteiger partial charge >= 0.3 is 0 Å². The molecular formula is C11H25NO. The second-order valence-electron chi connectivity index (χ2n) is 3.28. The van der Waals surface area contributed by atoms with Crippen molar-refractivity contribution >= 4 is 5.91 Å². The van der Waals surface area contributed by atoms with Crippen LogP contribution in [0.25, 0.3) is 0 Å². The molecule has 0 aliphatic carbocycles. The molecule has 80 valence electrons. The fraction of sp³-hybridized carbons (Fsp3) is 0.909. The predicted molar refractivity (Wildman–Crippen MR) is 58.7 cm³/mol. The van der Waals surface area contributed by atoms with Gasteiger partial charge in [0, 0.05) is 13.0 Å². The minimum Gasteiger partial charge on any atom is -0.356 e. The molecule has 0 aliphatic rings. The maximum atomic E-state index is 10.9. The second-order valence-corrected chi connectivity index (χ2v) is 3.28. The van der Waals surface area contributed by atoms with Crippen molar-refractivity contribution in [3.05, 3.63) is 0 Å². The van der Waals surface area contributed by atoms with Crippen molar-refractivity contribution in [1.82, 2.24) is 5.32 Å². The highest BCUT2D eigenvalue weighted by Gasteiger charge is 1.98. The molecule has 0 heterocycles. The number of hydrogen-bond donors (Lipinski definition) is 1. The van der Waals surface area contributed by atoms with Crippen molar-refractivity contribution in [1.29, 1.82) is 0 Å². The van der Waals surface area contributed by atoms with Crippen LogP contribution in [-0.2, 0) is 4.79 Å². The Bertz CT molecular complexity index is 111. The van der Waals surface area contributed by atoms with Crippen LogP contribution in [0, 0.1) is 5.92 Å². The lowest BCUT2D eigenvalue weighted by Gasteiger charge is -2.05. The lowest BCUT2D eigenvalue weighted by Crippen LogP contribution is -2.24. The molecule has 0 unspecified atom stereocenters. The average molecular weight is 187 g/mol. The van der Waals surface area contributed by atoms with Gasteiger partial charge in [0.1, 0.15) is 0 Å². The van der Waals surface area contributed by atoms with Crippen LogP contribution in [0.4, 0.5) is 0 Å². The van der Waals surface area contributed by atoms with E-state index in [9.17, 15) is 4.79 Å². The quantitative estimate of drug-likeness (QED) is 0.704. The lowest BCUT2D eigenvalue weighted by atomic mass is 10.1. The molecule has 0 spiro atoms. The van der Waals surface area contributed by atoms with Crippen molar-refractivity contribution in [2.24, 2.45) is 5.92 Å². The summed E-state index contributed by atoms with van der Waals surface area (Å²) in [7, 11) is 0. The highest BCUT2D eigenvalue weighted by Crippen LogP contribution is 1.96. The fourth-order valence-corrected chi connectivity index (χ4v) is 0.816. The van der Waals surface area contributed by atoms with E-state index in [0.717, 1.165) is 19.4 Å². The van der Waals surface area contributed by atoms with Gasteiger partial charge in [-0.1, -0.05) is 34.6 Å². The third-order valence-corrected chi connectivity index (χ3v) is 1.52. The maximum Gasteiger partial charge on any atom is 0.219 e. The summed E-state index contributed by atoms with van der Waals surface area (Å²) in [6.07, 6.45) is 2.68. The van der Waals surface area contributed by atoms with Crippen molar-refractivity contribution in [2.45, 2.75) is 53.9 Å². The van der Waals surface area contributed by atoms with Crippen LogP contribution in [0.1, 0.15) is 53.9 Å². The van der Waals surface area contributed by atoms with Crippen LogP contribution in [0.5, 0.6) is 0 Å². The number of hydrogen-bond acceptors (Lipinski definition) is 1. The zero-order valence-corrected chi connectivity index (χ0v) is 9.81. The van der Waals surface area contributed by atoms with Gasteiger partial charge in [0.2, 0.25) is 5.91 Å². The molecule has 0 aromatic rings. The van der Waals surface area contributed by atoms with E-state index in [1.807, 2.05) is 20.8 Å². The lowest BCUT2D eigenvalue weighted by molar-refractivity contribution is -0.121. The van der Waals surface area contributed by atoms with Crippen molar-refractivity contribution < 1.29 is 4.79 Å². The van der Waals surface area contributed by atoms with Gasteiger partial charge in [-0.15, -0.1) is 0 Å². The Balaban J connectivity index is 0. The number of amides is 1. The van der Waals surface area contributed by atoms with Gasteiger partial charge in [-0.05, 0) is 18.8 Å². The maximum absolute atomic E-state index is 10.9. The molecule has 0 bridgehead atoms. The smallest absolute Gasteiger partial charge is 0.219 e. The standard InChI is InChI=1S/C9H19NO.C2H6/c1-4-5-9(11)10-7-6-8(2)3;1-2/h8H,4-7H2,1-3H3,(H,10,11);1-2H3. The SMILES string of the molecule is CC.CCCC(=O)NCCC(C)C. The van der Waals surface area contributed by atoms with Gasteiger partial charge in [-0.3, -0.25) is 4.79 Å². The van der Waals surface area contributed by atoms with Gasteiger partial charge in [-0.25, -0.2) is 0 Å².